The summed E-state index contributed by atoms with van der Waals surface area (Å²) in [6, 6.07) is 6.20. The SMILES string of the molecule is Cc1ccc(OCCOC(C)C)c(C)c1. The van der Waals surface area contributed by atoms with Crippen molar-refractivity contribution in [3.63, 3.8) is 0 Å². The average Bonchev–Trinajstić information content (AvgIpc) is 2.14. The van der Waals surface area contributed by atoms with Gasteiger partial charge < -0.3 is 9.47 Å². The maximum atomic E-state index is 5.62. The summed E-state index contributed by atoms with van der Waals surface area (Å²) in [4.78, 5) is 0. The van der Waals surface area contributed by atoms with Gasteiger partial charge in [0.25, 0.3) is 0 Å². The van der Waals surface area contributed by atoms with Crippen LogP contribution in [0.3, 0.4) is 0 Å². The normalized spacial score (nSPS) is 10.7. The van der Waals surface area contributed by atoms with E-state index < -0.39 is 0 Å². The molecule has 0 aromatic heterocycles. The number of rotatable bonds is 5. The van der Waals surface area contributed by atoms with Gasteiger partial charge in [-0.15, -0.1) is 0 Å². The summed E-state index contributed by atoms with van der Waals surface area (Å²) in [5.74, 6) is 0.952. The number of benzene rings is 1. The zero-order valence-corrected chi connectivity index (χ0v) is 10.0. The molecule has 0 N–H and O–H groups in total. The molecule has 1 aromatic rings. The van der Waals surface area contributed by atoms with Crippen LogP contribution >= 0.6 is 0 Å². The van der Waals surface area contributed by atoms with Crippen molar-refractivity contribution in [2.75, 3.05) is 13.2 Å². The second-order valence-electron chi connectivity index (χ2n) is 4.04. The fourth-order valence-electron chi connectivity index (χ4n) is 1.40. The van der Waals surface area contributed by atoms with Crippen molar-refractivity contribution in [2.24, 2.45) is 0 Å². The lowest BCUT2D eigenvalue weighted by Crippen LogP contribution is -2.11. The molecule has 0 fully saturated rings. The number of hydrogen-bond acceptors (Lipinski definition) is 2. The minimum Gasteiger partial charge on any atom is -0.491 e. The Kier molecular flexibility index (Phi) is 4.63. The molecule has 0 saturated carbocycles. The van der Waals surface area contributed by atoms with Gasteiger partial charge >= 0.3 is 0 Å². The lowest BCUT2D eigenvalue weighted by molar-refractivity contribution is 0.0551. The molecule has 2 heteroatoms. The van der Waals surface area contributed by atoms with Crippen LogP contribution in [0.4, 0.5) is 0 Å². The van der Waals surface area contributed by atoms with Gasteiger partial charge in [-0.3, -0.25) is 0 Å². The van der Waals surface area contributed by atoms with Gasteiger partial charge in [-0.05, 0) is 39.3 Å². The molecule has 0 spiro atoms. The topological polar surface area (TPSA) is 18.5 Å². The Bertz CT molecular complexity index is 305. The molecule has 1 aromatic carbocycles. The molecule has 0 aliphatic rings. The zero-order chi connectivity index (χ0) is 11.3. The van der Waals surface area contributed by atoms with E-state index in [0.29, 0.717) is 13.2 Å². The van der Waals surface area contributed by atoms with Crippen molar-refractivity contribution in [2.45, 2.75) is 33.8 Å². The first-order valence-electron chi connectivity index (χ1n) is 5.41. The number of hydrogen-bond donors (Lipinski definition) is 0. The van der Waals surface area contributed by atoms with Crippen LogP contribution in [0.25, 0.3) is 0 Å². The zero-order valence-electron chi connectivity index (χ0n) is 10.0. The molecule has 0 saturated heterocycles. The molecular formula is C13H20O2. The number of ether oxygens (including phenoxy) is 2. The van der Waals surface area contributed by atoms with Crippen molar-refractivity contribution < 1.29 is 9.47 Å². The first-order chi connectivity index (χ1) is 7.09. The quantitative estimate of drug-likeness (QED) is 0.692. The largest absolute Gasteiger partial charge is 0.491 e. The Morgan fingerprint density at radius 3 is 2.47 bits per heavy atom. The minimum atomic E-state index is 0.271. The average molecular weight is 208 g/mol. The van der Waals surface area contributed by atoms with Gasteiger partial charge in [0.15, 0.2) is 0 Å². The van der Waals surface area contributed by atoms with Crippen molar-refractivity contribution >= 4 is 0 Å². The van der Waals surface area contributed by atoms with Crippen LogP contribution < -0.4 is 4.74 Å². The predicted molar refractivity (Wildman–Crippen MR) is 62.5 cm³/mol. The highest BCUT2D eigenvalue weighted by Crippen LogP contribution is 2.18. The molecule has 15 heavy (non-hydrogen) atoms. The van der Waals surface area contributed by atoms with Crippen LogP contribution in [0.5, 0.6) is 5.75 Å². The summed E-state index contributed by atoms with van der Waals surface area (Å²) in [5, 5.41) is 0. The Labute approximate surface area is 92.2 Å². The molecule has 2 nitrogen and oxygen atoms in total. The third-order valence-corrected chi connectivity index (χ3v) is 2.12. The van der Waals surface area contributed by atoms with E-state index in [2.05, 4.69) is 26.0 Å². The summed E-state index contributed by atoms with van der Waals surface area (Å²) in [5.41, 5.74) is 2.44. The van der Waals surface area contributed by atoms with Crippen molar-refractivity contribution in [3.8, 4) is 5.75 Å². The lowest BCUT2D eigenvalue weighted by Gasteiger charge is -2.11. The van der Waals surface area contributed by atoms with Crippen molar-refractivity contribution in [1.29, 1.82) is 0 Å². The van der Waals surface area contributed by atoms with E-state index >= 15 is 0 Å². The molecule has 0 aliphatic heterocycles. The summed E-state index contributed by atoms with van der Waals surface area (Å²) in [6.07, 6.45) is 0.271. The van der Waals surface area contributed by atoms with Crippen LogP contribution in [-0.4, -0.2) is 19.3 Å². The maximum absolute atomic E-state index is 5.62. The van der Waals surface area contributed by atoms with Gasteiger partial charge in [-0.2, -0.15) is 0 Å². The lowest BCUT2D eigenvalue weighted by atomic mass is 10.1. The van der Waals surface area contributed by atoms with Gasteiger partial charge in [0.2, 0.25) is 0 Å². The molecule has 0 aliphatic carbocycles. The van der Waals surface area contributed by atoms with E-state index in [-0.39, 0.29) is 6.10 Å². The van der Waals surface area contributed by atoms with Gasteiger partial charge in [-0.25, -0.2) is 0 Å². The molecule has 0 amide bonds. The van der Waals surface area contributed by atoms with Crippen LogP contribution in [0.2, 0.25) is 0 Å². The standard InChI is InChI=1S/C13H20O2/c1-10(2)14-7-8-15-13-6-5-11(3)9-12(13)4/h5-6,9-10H,7-8H2,1-4H3. The summed E-state index contributed by atoms with van der Waals surface area (Å²) in [6.45, 7) is 9.45. The third-order valence-electron chi connectivity index (χ3n) is 2.12. The second-order valence-corrected chi connectivity index (χ2v) is 4.04. The van der Waals surface area contributed by atoms with E-state index in [1.54, 1.807) is 0 Å². The molecule has 0 atom stereocenters. The molecule has 1 rings (SSSR count). The van der Waals surface area contributed by atoms with Crippen LogP contribution in [-0.2, 0) is 4.74 Å². The Morgan fingerprint density at radius 1 is 1.13 bits per heavy atom. The van der Waals surface area contributed by atoms with Gasteiger partial charge in [0.05, 0.1) is 12.7 Å². The smallest absolute Gasteiger partial charge is 0.122 e. The molecule has 0 heterocycles. The van der Waals surface area contributed by atoms with Gasteiger partial charge in [0.1, 0.15) is 12.4 Å². The Morgan fingerprint density at radius 2 is 1.87 bits per heavy atom. The van der Waals surface area contributed by atoms with Crippen LogP contribution in [0, 0.1) is 13.8 Å². The Balaban J connectivity index is 2.37. The summed E-state index contributed by atoms with van der Waals surface area (Å²) >= 11 is 0. The fraction of sp³-hybridized carbons (Fsp3) is 0.538. The molecule has 0 bridgehead atoms. The second kappa shape index (κ2) is 5.76. The highest BCUT2D eigenvalue weighted by atomic mass is 16.5. The summed E-state index contributed by atoms with van der Waals surface area (Å²) < 4.78 is 11.0. The van der Waals surface area contributed by atoms with E-state index in [9.17, 15) is 0 Å². The van der Waals surface area contributed by atoms with Gasteiger partial charge in [0, 0.05) is 0 Å². The molecule has 0 unspecified atom stereocenters. The first-order valence-corrected chi connectivity index (χ1v) is 5.41. The maximum Gasteiger partial charge on any atom is 0.122 e. The van der Waals surface area contributed by atoms with Gasteiger partial charge in [-0.1, -0.05) is 17.7 Å². The molecule has 84 valence electrons. The summed E-state index contributed by atoms with van der Waals surface area (Å²) in [7, 11) is 0. The third kappa shape index (κ3) is 4.34. The monoisotopic (exact) mass is 208 g/mol. The molecular weight excluding hydrogens is 188 g/mol. The van der Waals surface area contributed by atoms with E-state index in [0.717, 1.165) is 5.75 Å². The van der Waals surface area contributed by atoms with E-state index in [4.69, 9.17) is 9.47 Å². The predicted octanol–water partition coefficient (Wildman–Crippen LogP) is 3.11. The van der Waals surface area contributed by atoms with Crippen molar-refractivity contribution in [1.82, 2.24) is 0 Å². The Hall–Kier alpha value is -1.02. The highest BCUT2D eigenvalue weighted by molar-refractivity contribution is 5.35. The first kappa shape index (κ1) is 12.1. The highest BCUT2D eigenvalue weighted by Gasteiger charge is 1.99. The fourth-order valence-corrected chi connectivity index (χ4v) is 1.40. The van der Waals surface area contributed by atoms with E-state index in [1.807, 2.05) is 19.9 Å². The van der Waals surface area contributed by atoms with Crippen molar-refractivity contribution in [3.05, 3.63) is 29.3 Å². The van der Waals surface area contributed by atoms with Crippen LogP contribution in [0.15, 0.2) is 18.2 Å². The molecule has 0 radical (unpaired) electrons. The minimum absolute atomic E-state index is 0.271. The number of aryl methyl sites for hydroxylation is 2. The van der Waals surface area contributed by atoms with Crippen LogP contribution in [0.1, 0.15) is 25.0 Å². The van der Waals surface area contributed by atoms with E-state index in [1.165, 1.54) is 11.1 Å².